The molecule has 0 saturated heterocycles. The quantitative estimate of drug-likeness (QED) is 0.618. The molecule has 0 aliphatic rings. The molecule has 80 valence electrons. The van der Waals surface area contributed by atoms with Gasteiger partial charge in [-0.1, -0.05) is 54.5 Å². The Morgan fingerprint density at radius 1 is 1.27 bits per heavy atom. The number of benzene rings is 1. The normalized spacial score (nSPS) is 13.7. The number of hydrogen-bond donors (Lipinski definition) is 0. The van der Waals surface area contributed by atoms with Crippen molar-refractivity contribution in [3.05, 3.63) is 53.6 Å². The van der Waals surface area contributed by atoms with Crippen molar-refractivity contribution in [2.75, 3.05) is 0 Å². The second-order valence-corrected chi connectivity index (χ2v) is 4.36. The average molecular weight is 200 g/mol. The molecule has 1 aromatic rings. The molecule has 0 amide bonds. The van der Waals surface area contributed by atoms with Gasteiger partial charge in [-0.15, -0.1) is 6.58 Å². The molecule has 0 bridgehead atoms. The molecule has 0 fully saturated rings. The standard InChI is InChI=1S/C15H20/c1-12(2)10-13(3)14(4)11-15-8-6-5-7-9-15/h5-9,11,13H,1,10H2,2-4H3/b14-11+. The van der Waals surface area contributed by atoms with E-state index in [9.17, 15) is 0 Å². The first-order chi connectivity index (χ1) is 7.09. The Balaban J connectivity index is 2.71. The summed E-state index contributed by atoms with van der Waals surface area (Å²) in [7, 11) is 0. The van der Waals surface area contributed by atoms with Crippen LogP contribution < -0.4 is 0 Å². The molecule has 0 spiro atoms. The Kier molecular flexibility index (Phi) is 4.36. The average Bonchev–Trinajstić information content (AvgIpc) is 2.18. The van der Waals surface area contributed by atoms with Gasteiger partial charge < -0.3 is 0 Å². The van der Waals surface area contributed by atoms with E-state index >= 15 is 0 Å². The van der Waals surface area contributed by atoms with E-state index in [0.29, 0.717) is 5.92 Å². The molecule has 0 aliphatic heterocycles. The number of allylic oxidation sites excluding steroid dienone is 2. The summed E-state index contributed by atoms with van der Waals surface area (Å²) < 4.78 is 0. The predicted molar refractivity (Wildman–Crippen MR) is 68.7 cm³/mol. The van der Waals surface area contributed by atoms with Gasteiger partial charge >= 0.3 is 0 Å². The zero-order chi connectivity index (χ0) is 11.3. The van der Waals surface area contributed by atoms with Gasteiger partial charge in [0, 0.05) is 0 Å². The highest BCUT2D eigenvalue weighted by atomic mass is 14.1. The number of rotatable bonds is 4. The van der Waals surface area contributed by atoms with E-state index in [1.165, 1.54) is 16.7 Å². The Bertz CT molecular complexity index is 344. The molecule has 0 aromatic heterocycles. The maximum atomic E-state index is 3.96. The van der Waals surface area contributed by atoms with Crippen molar-refractivity contribution < 1.29 is 0 Å². The number of hydrogen-bond acceptors (Lipinski definition) is 0. The van der Waals surface area contributed by atoms with E-state index < -0.39 is 0 Å². The molecule has 0 N–H and O–H groups in total. The predicted octanol–water partition coefficient (Wildman–Crippen LogP) is 4.69. The Hall–Kier alpha value is -1.30. The summed E-state index contributed by atoms with van der Waals surface area (Å²) in [6.45, 7) is 10.5. The van der Waals surface area contributed by atoms with Crippen LogP contribution in [0.2, 0.25) is 0 Å². The lowest BCUT2D eigenvalue weighted by atomic mass is 9.94. The minimum Gasteiger partial charge on any atom is -0.100 e. The smallest absolute Gasteiger partial charge is 0.0194 e. The van der Waals surface area contributed by atoms with E-state index in [1.807, 2.05) is 6.07 Å². The second kappa shape index (κ2) is 5.55. The fourth-order valence-corrected chi connectivity index (χ4v) is 1.64. The Morgan fingerprint density at radius 3 is 2.40 bits per heavy atom. The van der Waals surface area contributed by atoms with E-state index in [4.69, 9.17) is 0 Å². The van der Waals surface area contributed by atoms with Crippen molar-refractivity contribution in [3.8, 4) is 0 Å². The Morgan fingerprint density at radius 2 is 1.87 bits per heavy atom. The Labute approximate surface area is 93.3 Å². The highest BCUT2D eigenvalue weighted by molar-refractivity contribution is 5.52. The minimum absolute atomic E-state index is 0.586. The van der Waals surface area contributed by atoms with Crippen LogP contribution in [-0.2, 0) is 0 Å². The first kappa shape index (κ1) is 11.8. The highest BCUT2D eigenvalue weighted by Crippen LogP contribution is 2.20. The summed E-state index contributed by atoms with van der Waals surface area (Å²) in [5.74, 6) is 0.586. The highest BCUT2D eigenvalue weighted by Gasteiger charge is 2.03. The molecular weight excluding hydrogens is 180 g/mol. The SMILES string of the molecule is C=C(C)CC(C)/C(C)=C/c1ccccc1. The first-order valence-electron chi connectivity index (χ1n) is 5.47. The van der Waals surface area contributed by atoms with Crippen LogP contribution in [0, 0.1) is 5.92 Å². The lowest BCUT2D eigenvalue weighted by molar-refractivity contribution is 0.678. The maximum absolute atomic E-state index is 3.96. The second-order valence-electron chi connectivity index (χ2n) is 4.36. The van der Waals surface area contributed by atoms with Crippen molar-refractivity contribution in [1.82, 2.24) is 0 Å². The minimum atomic E-state index is 0.586. The van der Waals surface area contributed by atoms with Gasteiger partial charge in [0.1, 0.15) is 0 Å². The van der Waals surface area contributed by atoms with E-state index in [2.05, 4.69) is 57.7 Å². The third-order valence-corrected chi connectivity index (χ3v) is 2.63. The lowest BCUT2D eigenvalue weighted by Gasteiger charge is -2.12. The zero-order valence-corrected chi connectivity index (χ0v) is 9.96. The summed E-state index contributed by atoms with van der Waals surface area (Å²) >= 11 is 0. The molecule has 1 rings (SSSR count). The van der Waals surface area contributed by atoms with Gasteiger partial charge in [-0.3, -0.25) is 0 Å². The van der Waals surface area contributed by atoms with Gasteiger partial charge in [-0.05, 0) is 31.7 Å². The summed E-state index contributed by atoms with van der Waals surface area (Å²) in [4.78, 5) is 0. The van der Waals surface area contributed by atoms with Crippen LogP contribution in [0.1, 0.15) is 32.8 Å². The third kappa shape index (κ3) is 4.16. The fourth-order valence-electron chi connectivity index (χ4n) is 1.64. The molecule has 0 nitrogen and oxygen atoms in total. The van der Waals surface area contributed by atoms with Crippen LogP contribution in [0.15, 0.2) is 48.1 Å². The monoisotopic (exact) mass is 200 g/mol. The van der Waals surface area contributed by atoms with Crippen LogP contribution in [0.5, 0.6) is 0 Å². The topological polar surface area (TPSA) is 0 Å². The van der Waals surface area contributed by atoms with Gasteiger partial charge in [0.05, 0.1) is 0 Å². The molecule has 0 heterocycles. The molecule has 0 saturated carbocycles. The first-order valence-corrected chi connectivity index (χ1v) is 5.47. The molecule has 1 aromatic carbocycles. The van der Waals surface area contributed by atoms with Crippen molar-refractivity contribution in [2.45, 2.75) is 27.2 Å². The van der Waals surface area contributed by atoms with Crippen LogP contribution in [0.3, 0.4) is 0 Å². The van der Waals surface area contributed by atoms with E-state index in [1.54, 1.807) is 0 Å². The molecule has 1 atom stereocenters. The molecule has 0 radical (unpaired) electrons. The lowest BCUT2D eigenvalue weighted by Crippen LogP contribution is -1.96. The largest absolute Gasteiger partial charge is 0.100 e. The van der Waals surface area contributed by atoms with Crippen LogP contribution >= 0.6 is 0 Å². The van der Waals surface area contributed by atoms with Gasteiger partial charge in [-0.25, -0.2) is 0 Å². The molecule has 1 unspecified atom stereocenters. The van der Waals surface area contributed by atoms with E-state index in [-0.39, 0.29) is 0 Å². The van der Waals surface area contributed by atoms with Crippen molar-refractivity contribution in [3.63, 3.8) is 0 Å². The summed E-state index contributed by atoms with van der Waals surface area (Å²) in [5, 5.41) is 0. The molecule has 0 aliphatic carbocycles. The van der Waals surface area contributed by atoms with E-state index in [0.717, 1.165) is 6.42 Å². The fraction of sp³-hybridized carbons (Fsp3) is 0.333. The van der Waals surface area contributed by atoms with Crippen LogP contribution in [0.4, 0.5) is 0 Å². The molecule has 15 heavy (non-hydrogen) atoms. The summed E-state index contributed by atoms with van der Waals surface area (Å²) in [6.07, 6.45) is 3.34. The third-order valence-electron chi connectivity index (χ3n) is 2.63. The summed E-state index contributed by atoms with van der Waals surface area (Å²) in [6, 6.07) is 10.5. The van der Waals surface area contributed by atoms with Crippen LogP contribution in [-0.4, -0.2) is 0 Å². The van der Waals surface area contributed by atoms with Gasteiger partial charge in [0.15, 0.2) is 0 Å². The molecular formula is C15H20. The maximum Gasteiger partial charge on any atom is -0.0194 e. The van der Waals surface area contributed by atoms with Gasteiger partial charge in [-0.2, -0.15) is 0 Å². The van der Waals surface area contributed by atoms with Gasteiger partial charge in [0.2, 0.25) is 0 Å². The van der Waals surface area contributed by atoms with Crippen molar-refractivity contribution >= 4 is 6.08 Å². The van der Waals surface area contributed by atoms with Gasteiger partial charge in [0.25, 0.3) is 0 Å². The summed E-state index contributed by atoms with van der Waals surface area (Å²) in [5.41, 5.74) is 3.95. The zero-order valence-electron chi connectivity index (χ0n) is 9.96. The molecule has 0 heteroatoms. The van der Waals surface area contributed by atoms with Crippen LogP contribution in [0.25, 0.3) is 6.08 Å². The van der Waals surface area contributed by atoms with Crippen molar-refractivity contribution in [1.29, 1.82) is 0 Å². The van der Waals surface area contributed by atoms with Crippen molar-refractivity contribution in [2.24, 2.45) is 5.92 Å².